The highest BCUT2D eigenvalue weighted by atomic mass is 35.5. The van der Waals surface area contributed by atoms with Crippen LogP contribution in [-0.4, -0.2) is 49.2 Å². The third-order valence-corrected chi connectivity index (χ3v) is 4.48. The lowest BCUT2D eigenvalue weighted by atomic mass is 10.3. The minimum atomic E-state index is -3.87. The molecule has 6 nitrogen and oxygen atoms in total. The number of hydrogen-bond acceptors (Lipinski definition) is 5. The molecule has 102 valence electrons. The Bertz CT molecular complexity index is 501. The summed E-state index contributed by atoms with van der Waals surface area (Å²) < 4.78 is 25.5. The van der Waals surface area contributed by atoms with Crippen LogP contribution in [0.25, 0.3) is 0 Å². The molecule has 0 fully saturated rings. The molecule has 0 aliphatic heterocycles. The summed E-state index contributed by atoms with van der Waals surface area (Å²) in [7, 11) is -3.87. The van der Waals surface area contributed by atoms with Crippen molar-refractivity contribution in [1.82, 2.24) is 4.31 Å². The number of hydrogen-bond donors (Lipinski definition) is 3. The molecule has 0 saturated heterocycles. The number of anilines is 1. The van der Waals surface area contributed by atoms with E-state index in [1.54, 1.807) is 0 Å². The van der Waals surface area contributed by atoms with Gasteiger partial charge < -0.3 is 15.9 Å². The molecule has 8 heteroatoms. The summed E-state index contributed by atoms with van der Waals surface area (Å²) in [5.74, 6) is 0. The monoisotopic (exact) mass is 294 g/mol. The molecule has 0 amide bonds. The Balaban J connectivity index is 3.21. The van der Waals surface area contributed by atoms with Gasteiger partial charge in [0.2, 0.25) is 10.0 Å². The molecule has 1 aromatic carbocycles. The number of nitrogens with zero attached hydrogens (tertiary/aromatic N) is 1. The fraction of sp³-hybridized carbons (Fsp3) is 0.400. The molecule has 0 saturated carbocycles. The van der Waals surface area contributed by atoms with E-state index in [4.69, 9.17) is 27.5 Å². The van der Waals surface area contributed by atoms with E-state index in [2.05, 4.69) is 0 Å². The summed E-state index contributed by atoms with van der Waals surface area (Å²) in [6, 6.07) is 4.12. The standard InChI is InChI=1S/C10H15ClN2O4S/c11-8-1-2-9(12)10(7-8)18(16,17)13(3-5-14)4-6-15/h1-2,7,14-15H,3-6,12H2. The van der Waals surface area contributed by atoms with Crippen LogP contribution in [0.3, 0.4) is 0 Å². The molecule has 0 spiro atoms. The van der Waals surface area contributed by atoms with Gasteiger partial charge in [0.25, 0.3) is 0 Å². The molecule has 0 aromatic heterocycles. The molecule has 0 radical (unpaired) electrons. The van der Waals surface area contributed by atoms with E-state index in [0.29, 0.717) is 0 Å². The van der Waals surface area contributed by atoms with Crippen LogP contribution in [0, 0.1) is 0 Å². The Hall–Kier alpha value is -0.860. The number of benzene rings is 1. The molecule has 0 atom stereocenters. The highest BCUT2D eigenvalue weighted by Crippen LogP contribution is 2.25. The maximum atomic E-state index is 12.3. The highest BCUT2D eigenvalue weighted by Gasteiger charge is 2.25. The maximum Gasteiger partial charge on any atom is 0.245 e. The van der Waals surface area contributed by atoms with Crippen LogP contribution in [0.2, 0.25) is 5.02 Å². The third-order valence-electron chi connectivity index (χ3n) is 2.29. The minimum Gasteiger partial charge on any atom is -0.398 e. The van der Waals surface area contributed by atoms with Gasteiger partial charge in [0.05, 0.1) is 18.9 Å². The highest BCUT2D eigenvalue weighted by molar-refractivity contribution is 7.89. The van der Waals surface area contributed by atoms with Crippen molar-refractivity contribution in [1.29, 1.82) is 0 Å². The van der Waals surface area contributed by atoms with Crippen molar-refractivity contribution >= 4 is 27.3 Å². The predicted molar refractivity (Wildman–Crippen MR) is 68.8 cm³/mol. The van der Waals surface area contributed by atoms with Gasteiger partial charge in [-0.2, -0.15) is 4.31 Å². The lowest BCUT2D eigenvalue weighted by Gasteiger charge is -2.21. The van der Waals surface area contributed by atoms with Crippen molar-refractivity contribution < 1.29 is 18.6 Å². The van der Waals surface area contributed by atoms with E-state index in [1.807, 2.05) is 0 Å². The van der Waals surface area contributed by atoms with E-state index < -0.39 is 10.0 Å². The van der Waals surface area contributed by atoms with Crippen LogP contribution in [0.15, 0.2) is 23.1 Å². The first-order valence-corrected chi connectivity index (χ1v) is 7.02. The zero-order valence-corrected chi connectivity index (χ0v) is 11.2. The minimum absolute atomic E-state index is 0.0697. The number of aliphatic hydroxyl groups is 2. The zero-order valence-electron chi connectivity index (χ0n) is 9.58. The number of nitrogens with two attached hydrogens (primary N) is 1. The van der Waals surface area contributed by atoms with E-state index >= 15 is 0 Å². The van der Waals surface area contributed by atoms with Crippen LogP contribution in [0.1, 0.15) is 0 Å². The van der Waals surface area contributed by atoms with Crippen molar-refractivity contribution in [3.8, 4) is 0 Å². The second-order valence-electron chi connectivity index (χ2n) is 3.53. The molecular weight excluding hydrogens is 280 g/mol. The number of aliphatic hydroxyl groups excluding tert-OH is 2. The van der Waals surface area contributed by atoms with E-state index in [1.165, 1.54) is 18.2 Å². The van der Waals surface area contributed by atoms with Crippen molar-refractivity contribution in [2.45, 2.75) is 4.90 Å². The lowest BCUT2D eigenvalue weighted by molar-refractivity contribution is 0.217. The summed E-state index contributed by atoms with van der Waals surface area (Å²) in [5, 5.41) is 18.0. The second-order valence-corrected chi connectivity index (χ2v) is 5.88. The second kappa shape index (κ2) is 6.35. The molecular formula is C10H15ClN2O4S. The summed E-state index contributed by atoms with van der Waals surface area (Å²) in [6.45, 7) is -0.927. The first-order chi connectivity index (χ1) is 8.43. The average molecular weight is 295 g/mol. The molecule has 4 N–H and O–H groups in total. The molecule has 0 unspecified atom stereocenters. The Morgan fingerprint density at radius 3 is 2.28 bits per heavy atom. The lowest BCUT2D eigenvalue weighted by Crippen LogP contribution is -2.36. The van der Waals surface area contributed by atoms with E-state index in [0.717, 1.165) is 4.31 Å². The Morgan fingerprint density at radius 1 is 1.22 bits per heavy atom. The van der Waals surface area contributed by atoms with E-state index in [9.17, 15) is 8.42 Å². The molecule has 0 bridgehead atoms. The van der Waals surface area contributed by atoms with Crippen LogP contribution in [0.5, 0.6) is 0 Å². The normalized spacial score (nSPS) is 12.0. The van der Waals surface area contributed by atoms with Gasteiger partial charge >= 0.3 is 0 Å². The van der Waals surface area contributed by atoms with Gasteiger partial charge in [-0.15, -0.1) is 0 Å². The topological polar surface area (TPSA) is 104 Å². The van der Waals surface area contributed by atoms with Gasteiger partial charge in [-0.25, -0.2) is 8.42 Å². The van der Waals surface area contributed by atoms with E-state index in [-0.39, 0.29) is 41.9 Å². The molecule has 18 heavy (non-hydrogen) atoms. The van der Waals surface area contributed by atoms with Gasteiger partial charge in [0.1, 0.15) is 4.90 Å². The number of rotatable bonds is 6. The van der Waals surface area contributed by atoms with Crippen LogP contribution in [-0.2, 0) is 10.0 Å². The van der Waals surface area contributed by atoms with Crippen molar-refractivity contribution in [3.05, 3.63) is 23.2 Å². The Kier molecular flexibility index (Phi) is 5.36. The summed E-state index contributed by atoms with van der Waals surface area (Å²) in [5.41, 5.74) is 5.69. The SMILES string of the molecule is Nc1ccc(Cl)cc1S(=O)(=O)N(CCO)CCO. The quantitative estimate of drug-likeness (QED) is 0.636. The van der Waals surface area contributed by atoms with Gasteiger partial charge in [0, 0.05) is 18.1 Å². The Labute approximate surface area is 111 Å². The van der Waals surface area contributed by atoms with Gasteiger partial charge in [-0.3, -0.25) is 0 Å². The fourth-order valence-electron chi connectivity index (χ4n) is 1.45. The summed E-state index contributed by atoms with van der Waals surface area (Å²) in [6.07, 6.45) is 0. The molecule has 1 rings (SSSR count). The molecule has 0 heterocycles. The maximum absolute atomic E-state index is 12.3. The zero-order chi connectivity index (χ0) is 13.8. The molecule has 0 aliphatic rings. The van der Waals surface area contributed by atoms with Crippen molar-refractivity contribution in [3.63, 3.8) is 0 Å². The first kappa shape index (κ1) is 15.2. The van der Waals surface area contributed by atoms with Crippen LogP contribution in [0.4, 0.5) is 5.69 Å². The van der Waals surface area contributed by atoms with Crippen molar-refractivity contribution in [2.75, 3.05) is 32.0 Å². The smallest absolute Gasteiger partial charge is 0.245 e. The van der Waals surface area contributed by atoms with Crippen molar-refractivity contribution in [2.24, 2.45) is 0 Å². The van der Waals surface area contributed by atoms with Crippen LogP contribution < -0.4 is 5.73 Å². The third kappa shape index (κ3) is 3.33. The largest absolute Gasteiger partial charge is 0.398 e. The number of nitrogen functional groups attached to an aromatic ring is 1. The number of sulfonamides is 1. The summed E-state index contributed by atoms with van der Waals surface area (Å²) >= 11 is 5.74. The number of halogens is 1. The molecule has 1 aromatic rings. The predicted octanol–water partition coefficient (Wildman–Crippen LogP) is -0.102. The van der Waals surface area contributed by atoms with Gasteiger partial charge in [-0.1, -0.05) is 11.6 Å². The average Bonchev–Trinajstić information content (AvgIpc) is 2.32. The molecule has 0 aliphatic carbocycles. The first-order valence-electron chi connectivity index (χ1n) is 5.20. The van der Waals surface area contributed by atoms with Gasteiger partial charge in [-0.05, 0) is 18.2 Å². The Morgan fingerprint density at radius 2 is 1.78 bits per heavy atom. The summed E-state index contributed by atoms with van der Waals surface area (Å²) in [4.78, 5) is -0.128. The van der Waals surface area contributed by atoms with Gasteiger partial charge in [0.15, 0.2) is 0 Å². The van der Waals surface area contributed by atoms with Crippen LogP contribution >= 0.6 is 11.6 Å². The fourth-order valence-corrected chi connectivity index (χ4v) is 3.25.